The van der Waals surface area contributed by atoms with Crippen LogP contribution in [0.15, 0.2) is 66.2 Å². The highest BCUT2D eigenvalue weighted by atomic mass is 19.1. The predicted octanol–water partition coefficient (Wildman–Crippen LogP) is 4.00. The number of oxime groups is 1. The lowest BCUT2D eigenvalue weighted by Gasteiger charge is -2.44. The number of piperidine rings is 1. The van der Waals surface area contributed by atoms with Crippen LogP contribution in [0.25, 0.3) is 11.8 Å². The van der Waals surface area contributed by atoms with E-state index in [1.165, 1.54) is 12.1 Å². The number of fused-ring (bicyclic) bond motifs is 1. The Labute approximate surface area is 191 Å². The zero-order valence-corrected chi connectivity index (χ0v) is 18.5. The van der Waals surface area contributed by atoms with E-state index in [2.05, 4.69) is 10.1 Å². The summed E-state index contributed by atoms with van der Waals surface area (Å²) in [6.07, 6.45) is 8.07. The lowest BCUT2D eigenvalue weighted by atomic mass is 9.88. The van der Waals surface area contributed by atoms with Gasteiger partial charge in [-0.15, -0.1) is 0 Å². The first-order chi connectivity index (χ1) is 16.0. The molecule has 33 heavy (non-hydrogen) atoms. The normalized spacial score (nSPS) is 22.2. The van der Waals surface area contributed by atoms with Crippen LogP contribution in [0, 0.1) is 12.7 Å². The summed E-state index contributed by atoms with van der Waals surface area (Å²) in [4.78, 5) is 12.1. The first-order valence-corrected chi connectivity index (χ1v) is 10.9. The fourth-order valence-corrected chi connectivity index (χ4v) is 4.49. The Morgan fingerprint density at radius 1 is 1.21 bits per heavy atom. The Kier molecular flexibility index (Phi) is 5.38. The molecule has 2 aliphatic rings. The number of nitrogens with zero attached hydrogens (tertiary/aromatic N) is 4. The zero-order chi connectivity index (χ0) is 23.0. The van der Waals surface area contributed by atoms with Crippen molar-refractivity contribution >= 4 is 11.9 Å². The lowest BCUT2D eigenvalue weighted by Crippen LogP contribution is -2.57. The third-order valence-electron chi connectivity index (χ3n) is 6.14. The molecule has 2 aliphatic heterocycles. The molecule has 1 fully saturated rings. The Bertz CT molecular complexity index is 1220. The van der Waals surface area contributed by atoms with Crippen molar-refractivity contribution < 1.29 is 19.1 Å². The number of hydrogen-bond acceptors (Lipinski definition) is 6. The minimum absolute atomic E-state index is 0.339. The van der Waals surface area contributed by atoms with Crippen LogP contribution in [0.5, 0.6) is 5.75 Å². The third-order valence-corrected chi connectivity index (χ3v) is 6.14. The van der Waals surface area contributed by atoms with Gasteiger partial charge < -0.3 is 24.1 Å². The summed E-state index contributed by atoms with van der Waals surface area (Å²) in [5.74, 6) is 0.980. The van der Waals surface area contributed by atoms with Crippen molar-refractivity contribution in [1.82, 2.24) is 14.5 Å². The molecular formula is C25H25FN4O3. The molecule has 170 valence electrons. The molecule has 7 nitrogen and oxygen atoms in total. The third kappa shape index (κ3) is 3.66. The number of imidazole rings is 1. The monoisotopic (exact) mass is 448 g/mol. The van der Waals surface area contributed by atoms with Gasteiger partial charge in [-0.3, -0.25) is 0 Å². The number of aryl methyl sites for hydroxylation is 1. The number of benzene rings is 2. The summed E-state index contributed by atoms with van der Waals surface area (Å²) < 4.78 is 21.0. The quantitative estimate of drug-likeness (QED) is 0.639. The van der Waals surface area contributed by atoms with Gasteiger partial charge in [-0.25, -0.2) is 9.37 Å². The van der Waals surface area contributed by atoms with E-state index in [4.69, 9.17) is 9.57 Å². The Hall–Kier alpha value is -3.65. The van der Waals surface area contributed by atoms with Gasteiger partial charge in [0.15, 0.2) is 5.84 Å². The minimum atomic E-state index is -1.15. The summed E-state index contributed by atoms with van der Waals surface area (Å²) >= 11 is 0. The number of rotatable bonds is 5. The summed E-state index contributed by atoms with van der Waals surface area (Å²) in [6, 6.07) is 11.9. The average Bonchev–Trinajstić information content (AvgIpc) is 3.43. The molecule has 8 heteroatoms. The van der Waals surface area contributed by atoms with Crippen LogP contribution in [0.3, 0.4) is 0 Å². The van der Waals surface area contributed by atoms with Crippen molar-refractivity contribution in [1.29, 1.82) is 0 Å². The summed E-state index contributed by atoms with van der Waals surface area (Å²) in [5.41, 5.74) is 2.27. The molecule has 3 heterocycles. The van der Waals surface area contributed by atoms with E-state index in [1.54, 1.807) is 25.6 Å². The number of aliphatic hydroxyl groups excluding tert-OH is 1. The number of aliphatic hydroxyl groups is 1. The molecular weight excluding hydrogens is 423 g/mol. The number of halogens is 1. The maximum Gasteiger partial charge on any atom is 0.263 e. The van der Waals surface area contributed by atoms with Gasteiger partial charge >= 0.3 is 0 Å². The number of aromatic nitrogens is 2. The molecule has 0 radical (unpaired) electrons. The van der Waals surface area contributed by atoms with Gasteiger partial charge in [0.25, 0.3) is 5.72 Å². The first kappa shape index (κ1) is 21.2. The van der Waals surface area contributed by atoms with Crippen LogP contribution in [-0.2, 0) is 10.6 Å². The number of amidine groups is 1. The molecule has 1 aromatic heterocycles. The van der Waals surface area contributed by atoms with E-state index >= 15 is 0 Å². The summed E-state index contributed by atoms with van der Waals surface area (Å²) in [6.45, 7) is 2.60. The summed E-state index contributed by atoms with van der Waals surface area (Å²) in [7, 11) is 1.64. The van der Waals surface area contributed by atoms with Crippen molar-refractivity contribution in [2.75, 3.05) is 13.7 Å². The van der Waals surface area contributed by atoms with E-state index in [-0.39, 0.29) is 5.82 Å². The largest absolute Gasteiger partial charge is 0.495 e. The topological polar surface area (TPSA) is 72.1 Å². The van der Waals surface area contributed by atoms with Crippen LogP contribution < -0.4 is 4.74 Å². The van der Waals surface area contributed by atoms with Gasteiger partial charge in [-0.05, 0) is 67.8 Å². The second kappa shape index (κ2) is 8.37. The fraction of sp³-hybridized carbons (Fsp3) is 0.280. The van der Waals surface area contributed by atoms with Gasteiger partial charge in [-0.2, -0.15) is 0 Å². The smallest absolute Gasteiger partial charge is 0.263 e. The SMILES string of the molecule is COc1cc(C=CC2=NO[C@]3(c4ccc(F)cc4)[C@H](O)CCCN23)ccc1-n1cnc(C)c1. The molecule has 0 unspecified atom stereocenters. The number of methoxy groups -OCH3 is 1. The van der Waals surface area contributed by atoms with E-state index in [1.807, 2.05) is 52.9 Å². The molecule has 2 aromatic carbocycles. The molecule has 1 N–H and O–H groups in total. The Balaban J connectivity index is 1.43. The molecule has 3 aromatic rings. The van der Waals surface area contributed by atoms with Crippen LogP contribution in [-0.4, -0.2) is 45.2 Å². The summed E-state index contributed by atoms with van der Waals surface area (Å²) in [5, 5.41) is 15.2. The van der Waals surface area contributed by atoms with Crippen molar-refractivity contribution in [3.63, 3.8) is 0 Å². The average molecular weight is 448 g/mol. The molecule has 2 atom stereocenters. The molecule has 0 aliphatic carbocycles. The lowest BCUT2D eigenvalue weighted by molar-refractivity contribution is -0.194. The van der Waals surface area contributed by atoms with Crippen LogP contribution in [0.1, 0.15) is 29.7 Å². The van der Waals surface area contributed by atoms with E-state index < -0.39 is 11.8 Å². The Morgan fingerprint density at radius 3 is 2.76 bits per heavy atom. The van der Waals surface area contributed by atoms with E-state index in [0.717, 1.165) is 23.4 Å². The highest BCUT2D eigenvalue weighted by molar-refractivity contribution is 5.97. The van der Waals surface area contributed by atoms with Gasteiger partial charge in [0.05, 0.1) is 24.8 Å². The molecule has 0 amide bonds. The molecule has 0 saturated carbocycles. The van der Waals surface area contributed by atoms with Gasteiger partial charge in [0, 0.05) is 18.3 Å². The molecule has 1 saturated heterocycles. The zero-order valence-electron chi connectivity index (χ0n) is 18.5. The van der Waals surface area contributed by atoms with Crippen LogP contribution in [0.4, 0.5) is 4.39 Å². The van der Waals surface area contributed by atoms with Crippen molar-refractivity contribution in [2.24, 2.45) is 5.16 Å². The van der Waals surface area contributed by atoms with Gasteiger partial charge in [0.2, 0.25) is 0 Å². The van der Waals surface area contributed by atoms with Gasteiger partial charge in [-0.1, -0.05) is 17.3 Å². The molecule has 0 bridgehead atoms. The first-order valence-electron chi connectivity index (χ1n) is 10.9. The predicted molar refractivity (Wildman–Crippen MR) is 122 cm³/mol. The number of ether oxygens (including phenoxy) is 1. The number of hydrogen-bond donors (Lipinski definition) is 1. The maximum atomic E-state index is 13.5. The highest BCUT2D eigenvalue weighted by Crippen LogP contribution is 2.43. The van der Waals surface area contributed by atoms with Crippen LogP contribution >= 0.6 is 0 Å². The molecule has 5 rings (SSSR count). The van der Waals surface area contributed by atoms with E-state index in [0.29, 0.717) is 30.1 Å². The molecule has 0 spiro atoms. The minimum Gasteiger partial charge on any atom is -0.495 e. The maximum absolute atomic E-state index is 13.5. The van der Waals surface area contributed by atoms with Gasteiger partial charge in [0.1, 0.15) is 17.7 Å². The standard InChI is InChI=1S/C25H25FN4O3/c1-17-15-29(16-27-17)21-11-5-18(14-22(21)32-2)6-12-24-28-33-25(19-7-9-20(26)10-8-19)23(31)4-3-13-30(24)25/h5-12,14-16,23,31H,3-4,13H2,1-2H3/t23-,25-/m1/s1. The fourth-order valence-electron chi connectivity index (χ4n) is 4.49. The highest BCUT2D eigenvalue weighted by Gasteiger charge is 2.54. The van der Waals surface area contributed by atoms with Crippen molar-refractivity contribution in [3.05, 3.63) is 83.7 Å². The van der Waals surface area contributed by atoms with Crippen molar-refractivity contribution in [2.45, 2.75) is 31.6 Å². The van der Waals surface area contributed by atoms with E-state index in [9.17, 15) is 9.50 Å². The Morgan fingerprint density at radius 2 is 2.03 bits per heavy atom. The second-order valence-electron chi connectivity index (χ2n) is 8.24. The van der Waals surface area contributed by atoms with Crippen LogP contribution in [0.2, 0.25) is 0 Å². The second-order valence-corrected chi connectivity index (χ2v) is 8.24. The van der Waals surface area contributed by atoms with Crippen molar-refractivity contribution in [3.8, 4) is 11.4 Å².